The van der Waals surface area contributed by atoms with E-state index in [0.29, 0.717) is 0 Å². The van der Waals surface area contributed by atoms with Crippen LogP contribution in [0.4, 0.5) is 0 Å². The summed E-state index contributed by atoms with van der Waals surface area (Å²) in [4.78, 5) is 14.7. The van der Waals surface area contributed by atoms with Gasteiger partial charge in [-0.1, -0.05) is 31.2 Å². The molecule has 3 rings (SSSR count). The lowest BCUT2D eigenvalue weighted by molar-refractivity contribution is -0.143. The van der Waals surface area contributed by atoms with E-state index < -0.39 is 0 Å². The van der Waals surface area contributed by atoms with E-state index in [2.05, 4.69) is 36.5 Å². The van der Waals surface area contributed by atoms with Crippen LogP contribution in [0.2, 0.25) is 0 Å². The zero-order valence-electron chi connectivity index (χ0n) is 14.9. The van der Waals surface area contributed by atoms with E-state index in [1.165, 1.54) is 11.1 Å². The van der Waals surface area contributed by atoms with Crippen molar-refractivity contribution >= 4 is 18.3 Å². The molecule has 1 unspecified atom stereocenters. The molecule has 0 radical (unpaired) electrons. The highest BCUT2D eigenvalue weighted by Gasteiger charge is 2.28. The van der Waals surface area contributed by atoms with Crippen molar-refractivity contribution in [2.45, 2.75) is 38.3 Å². The first-order valence-electron chi connectivity index (χ1n) is 9.06. The van der Waals surface area contributed by atoms with Crippen LogP contribution in [0.1, 0.15) is 36.9 Å². The van der Waals surface area contributed by atoms with Gasteiger partial charge in [0, 0.05) is 32.8 Å². The highest BCUT2D eigenvalue weighted by atomic mass is 35.5. The lowest BCUT2D eigenvalue weighted by Gasteiger charge is -2.37. The molecule has 140 valence electrons. The number of nitrogens with one attached hydrogen (secondary N) is 1. The zero-order valence-corrected chi connectivity index (χ0v) is 15.7. The van der Waals surface area contributed by atoms with Gasteiger partial charge < -0.3 is 19.7 Å². The predicted octanol–water partition coefficient (Wildman–Crippen LogP) is 2.34. The largest absolute Gasteiger partial charge is 0.381 e. The second-order valence-corrected chi connectivity index (χ2v) is 6.52. The van der Waals surface area contributed by atoms with E-state index >= 15 is 0 Å². The van der Waals surface area contributed by atoms with Crippen molar-refractivity contribution in [1.29, 1.82) is 0 Å². The molecule has 1 amide bonds. The van der Waals surface area contributed by atoms with Gasteiger partial charge in [0.2, 0.25) is 5.91 Å². The van der Waals surface area contributed by atoms with Crippen molar-refractivity contribution in [2.24, 2.45) is 0 Å². The van der Waals surface area contributed by atoms with Crippen LogP contribution in [0.15, 0.2) is 24.3 Å². The van der Waals surface area contributed by atoms with E-state index in [9.17, 15) is 4.79 Å². The van der Waals surface area contributed by atoms with Gasteiger partial charge in [-0.25, -0.2) is 0 Å². The maximum Gasteiger partial charge on any atom is 0.249 e. The summed E-state index contributed by atoms with van der Waals surface area (Å²) in [5.41, 5.74) is 2.52. The molecule has 5 nitrogen and oxygen atoms in total. The van der Waals surface area contributed by atoms with Gasteiger partial charge >= 0.3 is 0 Å². The Morgan fingerprint density at radius 1 is 1.28 bits per heavy atom. The summed E-state index contributed by atoms with van der Waals surface area (Å²) in [5, 5.41) is 3.40. The summed E-state index contributed by atoms with van der Waals surface area (Å²) in [6, 6.07) is 8.71. The maximum atomic E-state index is 12.7. The van der Waals surface area contributed by atoms with E-state index in [-0.39, 0.29) is 37.1 Å². The van der Waals surface area contributed by atoms with Crippen LogP contribution in [0, 0.1) is 0 Å². The Kier molecular flexibility index (Phi) is 8.16. The quantitative estimate of drug-likeness (QED) is 0.866. The molecule has 1 atom stereocenters. The molecular weight excluding hydrogens is 340 g/mol. The molecule has 25 heavy (non-hydrogen) atoms. The number of nitrogens with zero attached hydrogens (tertiary/aromatic N) is 1. The Balaban J connectivity index is 0.00000225. The van der Waals surface area contributed by atoms with Gasteiger partial charge in [0.1, 0.15) is 6.61 Å². The lowest BCUT2D eigenvalue weighted by atomic mass is 10.0. The molecule has 0 saturated carbocycles. The van der Waals surface area contributed by atoms with Gasteiger partial charge in [-0.15, -0.1) is 12.4 Å². The fraction of sp³-hybridized carbons (Fsp3) is 0.632. The average Bonchev–Trinajstić information content (AvgIpc) is 2.67. The lowest BCUT2D eigenvalue weighted by Crippen LogP contribution is -2.50. The molecule has 0 aliphatic carbocycles. The number of aryl methyl sites for hydroxylation is 1. The van der Waals surface area contributed by atoms with Crippen LogP contribution in [-0.4, -0.2) is 56.4 Å². The molecule has 0 spiro atoms. The van der Waals surface area contributed by atoms with Crippen LogP contribution in [0.25, 0.3) is 0 Å². The number of benzene rings is 1. The average molecular weight is 369 g/mol. The predicted molar refractivity (Wildman–Crippen MR) is 100 cm³/mol. The van der Waals surface area contributed by atoms with Crippen LogP contribution in [0.3, 0.4) is 0 Å². The SMILES string of the molecule is CCc1ccc(C2CNCCN2C(=O)COC2CCOCC2)cc1.Cl. The highest BCUT2D eigenvalue weighted by molar-refractivity contribution is 5.85. The number of halogens is 1. The maximum absolute atomic E-state index is 12.7. The number of hydrogen-bond donors (Lipinski definition) is 1. The fourth-order valence-corrected chi connectivity index (χ4v) is 3.39. The van der Waals surface area contributed by atoms with Crippen molar-refractivity contribution in [3.63, 3.8) is 0 Å². The molecule has 2 aliphatic heterocycles. The van der Waals surface area contributed by atoms with Crippen LogP contribution >= 0.6 is 12.4 Å². The van der Waals surface area contributed by atoms with Crippen molar-refractivity contribution in [2.75, 3.05) is 39.5 Å². The first-order valence-corrected chi connectivity index (χ1v) is 9.06. The number of rotatable bonds is 5. The topological polar surface area (TPSA) is 50.8 Å². The summed E-state index contributed by atoms with van der Waals surface area (Å²) >= 11 is 0. The summed E-state index contributed by atoms with van der Waals surface area (Å²) < 4.78 is 11.2. The molecule has 2 fully saturated rings. The number of amides is 1. The van der Waals surface area contributed by atoms with Crippen LogP contribution < -0.4 is 5.32 Å². The van der Waals surface area contributed by atoms with Gasteiger partial charge in [0.25, 0.3) is 0 Å². The standard InChI is InChI=1S/C19H28N2O3.ClH/c1-2-15-3-5-16(6-4-15)18-13-20-9-10-21(18)19(22)14-24-17-7-11-23-12-8-17;/h3-6,17-18,20H,2,7-14H2,1H3;1H. The van der Waals surface area contributed by atoms with Crippen molar-refractivity contribution in [3.05, 3.63) is 35.4 Å². The molecule has 2 heterocycles. The Morgan fingerprint density at radius 2 is 2.00 bits per heavy atom. The fourth-order valence-electron chi connectivity index (χ4n) is 3.39. The van der Waals surface area contributed by atoms with Crippen LogP contribution in [0.5, 0.6) is 0 Å². The second-order valence-electron chi connectivity index (χ2n) is 6.52. The minimum atomic E-state index is 0. The number of hydrogen-bond acceptors (Lipinski definition) is 4. The zero-order chi connectivity index (χ0) is 16.8. The van der Waals surface area contributed by atoms with E-state index in [1.807, 2.05) is 4.90 Å². The van der Waals surface area contributed by atoms with E-state index in [0.717, 1.165) is 52.1 Å². The number of carbonyl (C=O) groups excluding carboxylic acids is 1. The minimum Gasteiger partial charge on any atom is -0.381 e. The molecule has 2 saturated heterocycles. The van der Waals surface area contributed by atoms with Gasteiger partial charge in [0.05, 0.1) is 12.1 Å². The van der Waals surface area contributed by atoms with Crippen molar-refractivity contribution in [3.8, 4) is 0 Å². The monoisotopic (exact) mass is 368 g/mol. The summed E-state index contributed by atoms with van der Waals surface area (Å²) in [6.45, 7) is 6.17. The molecule has 2 aliphatic rings. The van der Waals surface area contributed by atoms with Gasteiger partial charge in [-0.2, -0.15) is 0 Å². The Morgan fingerprint density at radius 3 is 2.68 bits per heavy atom. The Hall–Kier alpha value is -1.14. The first-order chi connectivity index (χ1) is 11.8. The second kappa shape index (κ2) is 10.1. The van der Waals surface area contributed by atoms with Crippen molar-refractivity contribution in [1.82, 2.24) is 10.2 Å². The third kappa shape index (κ3) is 5.42. The first kappa shape index (κ1) is 20.2. The smallest absolute Gasteiger partial charge is 0.249 e. The van der Waals surface area contributed by atoms with Crippen LogP contribution in [-0.2, 0) is 20.7 Å². The Bertz CT molecular complexity index is 532. The highest BCUT2D eigenvalue weighted by Crippen LogP contribution is 2.23. The van der Waals surface area contributed by atoms with Crippen molar-refractivity contribution < 1.29 is 14.3 Å². The third-order valence-electron chi connectivity index (χ3n) is 4.95. The van der Waals surface area contributed by atoms with Gasteiger partial charge in [0.15, 0.2) is 0 Å². The Labute approximate surface area is 156 Å². The van der Waals surface area contributed by atoms with E-state index in [4.69, 9.17) is 9.47 Å². The molecule has 1 N–H and O–H groups in total. The number of piperazine rings is 1. The molecular formula is C19H29ClN2O3. The number of ether oxygens (including phenoxy) is 2. The normalized spacial score (nSPS) is 21.6. The minimum absolute atomic E-state index is 0. The molecule has 0 bridgehead atoms. The third-order valence-corrected chi connectivity index (χ3v) is 4.95. The molecule has 1 aromatic carbocycles. The summed E-state index contributed by atoms with van der Waals surface area (Å²) in [7, 11) is 0. The summed E-state index contributed by atoms with van der Waals surface area (Å²) in [6.07, 6.45) is 2.96. The number of carbonyl (C=O) groups is 1. The van der Waals surface area contributed by atoms with E-state index in [1.54, 1.807) is 0 Å². The van der Waals surface area contributed by atoms with Gasteiger partial charge in [-0.05, 0) is 30.4 Å². The molecule has 1 aromatic rings. The molecule has 6 heteroatoms. The summed E-state index contributed by atoms with van der Waals surface area (Å²) in [5.74, 6) is 0.0903. The molecule has 0 aromatic heterocycles. The van der Waals surface area contributed by atoms with Gasteiger partial charge in [-0.3, -0.25) is 4.79 Å².